The van der Waals surface area contributed by atoms with E-state index in [4.69, 9.17) is 0 Å². The summed E-state index contributed by atoms with van der Waals surface area (Å²) in [6, 6.07) is 1.74. The van der Waals surface area contributed by atoms with Crippen LogP contribution >= 0.6 is 0 Å². The molecule has 72 valence electrons. The molecule has 0 aliphatic rings. The first-order chi connectivity index (χ1) is 6.77. The summed E-state index contributed by atoms with van der Waals surface area (Å²) in [5, 5.41) is 11.9. The maximum Gasteiger partial charge on any atom is 0.270 e. The van der Waals surface area contributed by atoms with Crippen molar-refractivity contribution in [2.75, 3.05) is 0 Å². The van der Waals surface area contributed by atoms with Crippen molar-refractivity contribution in [1.82, 2.24) is 30.2 Å². The summed E-state index contributed by atoms with van der Waals surface area (Å²) in [4.78, 5) is 9.35. The fourth-order valence-corrected chi connectivity index (χ4v) is 0.935. The first-order valence-corrected chi connectivity index (χ1v) is 4.34. The molecule has 0 saturated carbocycles. The molecule has 0 atom stereocenters. The summed E-state index contributed by atoms with van der Waals surface area (Å²) in [5.41, 5.74) is 0. The Morgan fingerprint density at radius 2 is 1.93 bits per heavy atom. The number of hydrogen-bond acceptors (Lipinski definition) is 5. The second-order valence-corrected chi connectivity index (χ2v) is 3.14. The van der Waals surface area contributed by atoms with Crippen LogP contribution in [0.5, 0.6) is 0 Å². The summed E-state index contributed by atoms with van der Waals surface area (Å²) in [6.45, 7) is 4.01. The molecule has 0 aromatic carbocycles. The predicted octanol–water partition coefficient (Wildman–Crippen LogP) is 0.576. The highest BCUT2D eigenvalue weighted by Crippen LogP contribution is 2.06. The maximum atomic E-state index is 4.15. The normalized spacial score (nSPS) is 10.8. The van der Waals surface area contributed by atoms with Gasteiger partial charge in [0, 0.05) is 18.3 Å². The van der Waals surface area contributed by atoms with Gasteiger partial charge in [0.1, 0.15) is 0 Å². The molecule has 2 heterocycles. The fraction of sp³-hybridized carbons (Fsp3) is 0.375. The molecular weight excluding hydrogens is 180 g/mol. The smallest absolute Gasteiger partial charge is 0.218 e. The van der Waals surface area contributed by atoms with Crippen molar-refractivity contribution < 1.29 is 0 Å². The minimum absolute atomic E-state index is 0.257. The van der Waals surface area contributed by atoms with Gasteiger partial charge in [-0.2, -0.15) is 0 Å². The zero-order chi connectivity index (χ0) is 9.97. The highest BCUT2D eigenvalue weighted by Gasteiger charge is 2.08. The molecule has 0 aliphatic heterocycles. The van der Waals surface area contributed by atoms with E-state index in [-0.39, 0.29) is 5.92 Å². The minimum atomic E-state index is 0.257. The molecular formula is C8H10N6. The molecule has 0 amide bonds. The Kier molecular flexibility index (Phi) is 2.18. The van der Waals surface area contributed by atoms with Crippen molar-refractivity contribution in [2.45, 2.75) is 19.8 Å². The Labute approximate surface area is 81.0 Å². The van der Waals surface area contributed by atoms with E-state index in [1.54, 1.807) is 18.5 Å². The summed E-state index contributed by atoms with van der Waals surface area (Å²) >= 11 is 0. The fourth-order valence-electron chi connectivity index (χ4n) is 0.935. The number of tetrazole rings is 1. The SMILES string of the molecule is CC(C)c1nnn(-c2ncccn2)n1. The Morgan fingerprint density at radius 3 is 2.50 bits per heavy atom. The Balaban J connectivity index is 2.34. The molecule has 6 heteroatoms. The molecule has 0 unspecified atom stereocenters. The van der Waals surface area contributed by atoms with E-state index in [9.17, 15) is 0 Å². The van der Waals surface area contributed by atoms with Gasteiger partial charge in [-0.05, 0) is 11.3 Å². The predicted molar refractivity (Wildman–Crippen MR) is 48.8 cm³/mol. The number of hydrogen-bond donors (Lipinski definition) is 0. The first kappa shape index (κ1) is 8.74. The Bertz CT molecular complexity index is 407. The van der Waals surface area contributed by atoms with Gasteiger partial charge in [-0.25, -0.2) is 9.97 Å². The van der Waals surface area contributed by atoms with Crippen LogP contribution in [0.3, 0.4) is 0 Å². The monoisotopic (exact) mass is 190 g/mol. The molecule has 0 fully saturated rings. The third-order valence-electron chi connectivity index (χ3n) is 1.68. The maximum absolute atomic E-state index is 4.15. The molecule has 0 bridgehead atoms. The van der Waals surface area contributed by atoms with Crippen molar-refractivity contribution in [3.63, 3.8) is 0 Å². The van der Waals surface area contributed by atoms with Crippen LogP contribution in [-0.2, 0) is 0 Å². The van der Waals surface area contributed by atoms with E-state index < -0.39 is 0 Å². The van der Waals surface area contributed by atoms with Crippen LogP contribution in [0.2, 0.25) is 0 Å². The second kappa shape index (κ2) is 3.49. The van der Waals surface area contributed by atoms with Gasteiger partial charge in [0.25, 0.3) is 5.95 Å². The third kappa shape index (κ3) is 1.59. The molecule has 0 aliphatic carbocycles. The molecule has 0 N–H and O–H groups in total. The molecule has 2 aromatic heterocycles. The number of aromatic nitrogens is 6. The average Bonchev–Trinajstić information content (AvgIpc) is 2.68. The van der Waals surface area contributed by atoms with Crippen LogP contribution in [0.1, 0.15) is 25.6 Å². The third-order valence-corrected chi connectivity index (χ3v) is 1.68. The Morgan fingerprint density at radius 1 is 1.21 bits per heavy atom. The zero-order valence-corrected chi connectivity index (χ0v) is 7.99. The first-order valence-electron chi connectivity index (χ1n) is 4.34. The lowest BCUT2D eigenvalue weighted by atomic mass is 10.2. The quantitative estimate of drug-likeness (QED) is 0.692. The average molecular weight is 190 g/mol. The number of nitrogens with zero attached hydrogens (tertiary/aromatic N) is 6. The molecule has 2 aromatic rings. The van der Waals surface area contributed by atoms with Crippen LogP contribution in [-0.4, -0.2) is 30.2 Å². The molecule has 6 nitrogen and oxygen atoms in total. The van der Waals surface area contributed by atoms with Crippen molar-refractivity contribution in [1.29, 1.82) is 0 Å². The van der Waals surface area contributed by atoms with Crippen molar-refractivity contribution >= 4 is 0 Å². The van der Waals surface area contributed by atoms with Crippen LogP contribution in [0, 0.1) is 0 Å². The number of rotatable bonds is 2. The van der Waals surface area contributed by atoms with Crippen molar-refractivity contribution in [3.8, 4) is 5.95 Å². The lowest BCUT2D eigenvalue weighted by molar-refractivity contribution is 0.672. The van der Waals surface area contributed by atoms with Crippen LogP contribution in [0.25, 0.3) is 5.95 Å². The van der Waals surface area contributed by atoms with Gasteiger partial charge >= 0.3 is 0 Å². The lowest BCUT2D eigenvalue weighted by Gasteiger charge is -1.94. The summed E-state index contributed by atoms with van der Waals surface area (Å²) in [7, 11) is 0. The largest absolute Gasteiger partial charge is 0.270 e. The summed E-state index contributed by atoms with van der Waals surface area (Å²) in [5.74, 6) is 1.39. The minimum Gasteiger partial charge on any atom is -0.218 e. The second-order valence-electron chi connectivity index (χ2n) is 3.14. The van der Waals surface area contributed by atoms with Crippen LogP contribution in [0.15, 0.2) is 18.5 Å². The standard InChI is InChI=1S/C8H10N6/c1-6(2)7-11-13-14(12-7)8-9-4-3-5-10-8/h3-6H,1-2H3. The van der Waals surface area contributed by atoms with E-state index in [1.807, 2.05) is 13.8 Å². The van der Waals surface area contributed by atoms with Gasteiger partial charge in [0.15, 0.2) is 5.82 Å². The topological polar surface area (TPSA) is 69.4 Å². The summed E-state index contributed by atoms with van der Waals surface area (Å²) in [6.07, 6.45) is 3.28. The van der Waals surface area contributed by atoms with Crippen LogP contribution < -0.4 is 0 Å². The van der Waals surface area contributed by atoms with E-state index in [0.29, 0.717) is 11.8 Å². The summed E-state index contributed by atoms with van der Waals surface area (Å²) < 4.78 is 0. The molecule has 14 heavy (non-hydrogen) atoms. The van der Waals surface area contributed by atoms with E-state index in [2.05, 4.69) is 25.4 Å². The van der Waals surface area contributed by atoms with Gasteiger partial charge in [0.2, 0.25) is 0 Å². The molecule has 2 rings (SSSR count). The van der Waals surface area contributed by atoms with Gasteiger partial charge < -0.3 is 0 Å². The molecule has 0 saturated heterocycles. The Hall–Kier alpha value is -1.85. The lowest BCUT2D eigenvalue weighted by Crippen LogP contribution is -2.04. The van der Waals surface area contributed by atoms with Gasteiger partial charge in [-0.15, -0.1) is 10.2 Å². The van der Waals surface area contributed by atoms with Gasteiger partial charge in [-0.1, -0.05) is 18.6 Å². The van der Waals surface area contributed by atoms with Gasteiger partial charge in [0.05, 0.1) is 0 Å². The van der Waals surface area contributed by atoms with Gasteiger partial charge in [-0.3, -0.25) is 0 Å². The van der Waals surface area contributed by atoms with E-state index in [1.165, 1.54) is 4.80 Å². The molecule has 0 radical (unpaired) electrons. The highest BCUT2D eigenvalue weighted by molar-refractivity contribution is 5.03. The molecule has 0 spiro atoms. The van der Waals surface area contributed by atoms with Crippen LogP contribution in [0.4, 0.5) is 0 Å². The van der Waals surface area contributed by atoms with E-state index in [0.717, 1.165) is 0 Å². The van der Waals surface area contributed by atoms with E-state index >= 15 is 0 Å². The van der Waals surface area contributed by atoms with Crippen molar-refractivity contribution in [2.24, 2.45) is 0 Å². The zero-order valence-electron chi connectivity index (χ0n) is 7.99. The van der Waals surface area contributed by atoms with Crippen molar-refractivity contribution in [3.05, 3.63) is 24.3 Å². The highest BCUT2D eigenvalue weighted by atomic mass is 15.6.